The molecule has 3 heterocycles. The first-order valence-electron chi connectivity index (χ1n) is 13.9. The molecule has 1 aromatic heterocycles. The molecule has 1 aliphatic carbocycles. The average molecular weight is 514 g/mol. The number of amides is 3. The predicted octanol–water partition coefficient (Wildman–Crippen LogP) is 3.30. The fourth-order valence-corrected chi connectivity index (χ4v) is 6.64. The van der Waals surface area contributed by atoms with Crippen LogP contribution in [0.1, 0.15) is 53.7 Å². The number of carbonyl (C=O) groups excluding carboxylic acids is 3. The van der Waals surface area contributed by atoms with E-state index in [1.165, 1.54) is 11.1 Å². The minimum Gasteiger partial charge on any atom is -0.356 e. The zero-order valence-corrected chi connectivity index (χ0v) is 21.9. The van der Waals surface area contributed by atoms with E-state index in [9.17, 15) is 14.4 Å². The van der Waals surface area contributed by atoms with Crippen molar-refractivity contribution in [3.05, 3.63) is 65.4 Å². The third-order valence-corrected chi connectivity index (χ3v) is 8.65. The summed E-state index contributed by atoms with van der Waals surface area (Å²) in [6.07, 6.45) is 4.50. The molecule has 3 atom stereocenters. The third-order valence-electron chi connectivity index (χ3n) is 8.65. The molecule has 0 bridgehead atoms. The molecule has 6 rings (SSSR count). The smallest absolute Gasteiger partial charge is 0.275 e. The van der Waals surface area contributed by atoms with Crippen molar-refractivity contribution in [3.63, 3.8) is 0 Å². The fraction of sp³-hybridized carbons (Fsp3) is 0.467. The summed E-state index contributed by atoms with van der Waals surface area (Å²) in [6, 6.07) is 15.7. The van der Waals surface area contributed by atoms with Gasteiger partial charge in [-0.2, -0.15) is 5.10 Å². The van der Waals surface area contributed by atoms with E-state index in [4.69, 9.17) is 0 Å². The second-order valence-corrected chi connectivity index (χ2v) is 11.0. The van der Waals surface area contributed by atoms with Gasteiger partial charge in [0.25, 0.3) is 5.91 Å². The highest BCUT2D eigenvalue weighted by Gasteiger charge is 2.47. The molecule has 2 aliphatic heterocycles. The zero-order chi connectivity index (χ0) is 26.2. The first-order chi connectivity index (χ1) is 18.5. The highest BCUT2D eigenvalue weighted by Crippen LogP contribution is 2.38. The van der Waals surface area contributed by atoms with Crippen LogP contribution in [0.5, 0.6) is 0 Å². The number of benzene rings is 2. The Labute approximate surface area is 223 Å². The normalized spacial score (nSPS) is 24.0. The Morgan fingerprint density at radius 3 is 2.61 bits per heavy atom. The number of nitrogens with zero attached hydrogens (tertiary/aromatic N) is 4. The van der Waals surface area contributed by atoms with Crippen LogP contribution in [0.25, 0.3) is 10.9 Å². The van der Waals surface area contributed by atoms with Crippen LogP contribution < -0.4 is 5.32 Å². The minimum atomic E-state index is -0.405. The van der Waals surface area contributed by atoms with Gasteiger partial charge in [0.1, 0.15) is 0 Å². The maximum atomic E-state index is 14.1. The number of para-hydroxylation sites is 1. The Balaban J connectivity index is 1.29. The van der Waals surface area contributed by atoms with Gasteiger partial charge in [-0.05, 0) is 55.7 Å². The number of fused-ring (bicyclic) bond motifs is 3. The standard InChI is InChI=1S/C30H35N5O3/c1-33-25-12-6-5-11-23(25)27(32-33)30(38)35-15-8-2-7-14-31-28(36)24-17-22(18-26(24)35)29(37)34-16-13-20-9-3-4-10-21(20)19-34/h3-6,9-12,22,24,26H,2,7-8,13-19H2,1H3,(H,31,36)/t22-,24-,26+/m0/s1. The number of carbonyl (C=O) groups is 3. The summed E-state index contributed by atoms with van der Waals surface area (Å²) in [5.41, 5.74) is 3.81. The van der Waals surface area contributed by atoms with Crippen LogP contribution in [0.4, 0.5) is 0 Å². The van der Waals surface area contributed by atoms with Gasteiger partial charge in [0.2, 0.25) is 11.8 Å². The summed E-state index contributed by atoms with van der Waals surface area (Å²) < 4.78 is 1.74. The monoisotopic (exact) mass is 513 g/mol. The fourth-order valence-electron chi connectivity index (χ4n) is 6.64. The minimum absolute atomic E-state index is 0.0418. The van der Waals surface area contributed by atoms with Gasteiger partial charge in [0, 0.05) is 50.6 Å². The second-order valence-electron chi connectivity index (χ2n) is 11.0. The van der Waals surface area contributed by atoms with Crippen LogP contribution in [0.2, 0.25) is 0 Å². The van der Waals surface area contributed by atoms with E-state index < -0.39 is 5.92 Å². The maximum Gasteiger partial charge on any atom is 0.275 e. The molecule has 1 N–H and O–H groups in total. The zero-order valence-electron chi connectivity index (χ0n) is 21.9. The van der Waals surface area contributed by atoms with Crippen molar-refractivity contribution in [3.8, 4) is 0 Å². The van der Waals surface area contributed by atoms with Gasteiger partial charge >= 0.3 is 0 Å². The number of aryl methyl sites for hydroxylation is 1. The lowest BCUT2D eigenvalue weighted by Gasteiger charge is -2.33. The second kappa shape index (κ2) is 10.2. The van der Waals surface area contributed by atoms with Crippen molar-refractivity contribution >= 4 is 28.6 Å². The average Bonchev–Trinajstić information content (AvgIpc) is 3.53. The molecular formula is C30H35N5O3. The van der Waals surface area contributed by atoms with Gasteiger partial charge in [-0.15, -0.1) is 0 Å². The Kier molecular flexibility index (Phi) is 6.64. The van der Waals surface area contributed by atoms with Crippen molar-refractivity contribution in [1.82, 2.24) is 24.9 Å². The van der Waals surface area contributed by atoms with E-state index >= 15 is 0 Å². The molecule has 3 amide bonds. The van der Waals surface area contributed by atoms with Gasteiger partial charge in [-0.25, -0.2) is 0 Å². The van der Waals surface area contributed by atoms with Gasteiger partial charge < -0.3 is 15.1 Å². The lowest BCUT2D eigenvalue weighted by Crippen LogP contribution is -2.48. The van der Waals surface area contributed by atoms with E-state index in [1.807, 2.05) is 53.2 Å². The van der Waals surface area contributed by atoms with E-state index in [1.54, 1.807) is 4.68 Å². The number of aromatic nitrogens is 2. The molecule has 2 fully saturated rings. The summed E-state index contributed by atoms with van der Waals surface area (Å²) in [5, 5.41) is 8.50. The highest BCUT2D eigenvalue weighted by molar-refractivity contribution is 6.05. The molecule has 1 saturated heterocycles. The summed E-state index contributed by atoms with van der Waals surface area (Å²) in [5.74, 6) is -0.772. The summed E-state index contributed by atoms with van der Waals surface area (Å²) >= 11 is 0. The van der Waals surface area contributed by atoms with Crippen LogP contribution in [0.3, 0.4) is 0 Å². The lowest BCUT2D eigenvalue weighted by atomic mass is 9.97. The van der Waals surface area contributed by atoms with Crippen LogP contribution in [-0.2, 0) is 29.6 Å². The Hall–Kier alpha value is -3.68. The Morgan fingerprint density at radius 2 is 1.74 bits per heavy atom. The van der Waals surface area contributed by atoms with Crippen LogP contribution in [-0.4, -0.2) is 63.0 Å². The number of hydrogen-bond donors (Lipinski definition) is 1. The molecule has 8 nitrogen and oxygen atoms in total. The summed E-state index contributed by atoms with van der Waals surface area (Å²) in [7, 11) is 1.85. The molecule has 0 radical (unpaired) electrons. The van der Waals surface area contributed by atoms with E-state index in [2.05, 4.69) is 22.5 Å². The molecule has 0 unspecified atom stereocenters. The largest absolute Gasteiger partial charge is 0.356 e. The van der Waals surface area contributed by atoms with Gasteiger partial charge in [-0.1, -0.05) is 42.5 Å². The van der Waals surface area contributed by atoms with E-state index in [0.717, 1.165) is 36.6 Å². The quantitative estimate of drug-likeness (QED) is 0.570. The molecule has 8 heteroatoms. The van der Waals surface area contributed by atoms with Crippen LogP contribution in [0, 0.1) is 11.8 Å². The molecule has 3 aromatic rings. The highest BCUT2D eigenvalue weighted by atomic mass is 16.2. The van der Waals surface area contributed by atoms with Gasteiger partial charge in [0.05, 0.1) is 11.4 Å². The topological polar surface area (TPSA) is 87.5 Å². The van der Waals surface area contributed by atoms with Crippen molar-refractivity contribution < 1.29 is 14.4 Å². The predicted molar refractivity (Wildman–Crippen MR) is 144 cm³/mol. The molecule has 2 aromatic carbocycles. The summed E-state index contributed by atoms with van der Waals surface area (Å²) in [6.45, 7) is 2.50. The number of nitrogens with one attached hydrogen (secondary N) is 1. The summed E-state index contributed by atoms with van der Waals surface area (Å²) in [4.78, 5) is 45.0. The molecule has 38 heavy (non-hydrogen) atoms. The maximum absolute atomic E-state index is 14.1. The molecule has 198 valence electrons. The molecule has 3 aliphatic rings. The van der Waals surface area contributed by atoms with Crippen molar-refractivity contribution in [2.24, 2.45) is 18.9 Å². The molecular weight excluding hydrogens is 478 g/mol. The third kappa shape index (κ3) is 4.46. The van der Waals surface area contributed by atoms with Gasteiger partial charge in [-0.3, -0.25) is 19.1 Å². The number of hydrogen-bond acceptors (Lipinski definition) is 4. The SMILES string of the molecule is Cn1nc(C(=O)N2CCCCCNC(=O)[C@H]3C[C@H](C(=O)N4CCc5ccccc5C4)C[C@H]32)c2ccccc21. The molecule has 1 saturated carbocycles. The molecule has 0 spiro atoms. The first-order valence-corrected chi connectivity index (χ1v) is 13.9. The Morgan fingerprint density at radius 1 is 0.947 bits per heavy atom. The van der Waals surface area contributed by atoms with Crippen LogP contribution in [0.15, 0.2) is 48.5 Å². The van der Waals surface area contributed by atoms with E-state index in [-0.39, 0.29) is 29.7 Å². The van der Waals surface area contributed by atoms with Crippen LogP contribution >= 0.6 is 0 Å². The van der Waals surface area contributed by atoms with Gasteiger partial charge in [0.15, 0.2) is 5.69 Å². The number of rotatable bonds is 2. The Bertz CT molecular complexity index is 1380. The van der Waals surface area contributed by atoms with Crippen molar-refractivity contribution in [1.29, 1.82) is 0 Å². The van der Waals surface area contributed by atoms with Crippen molar-refractivity contribution in [2.45, 2.75) is 51.1 Å². The lowest BCUT2D eigenvalue weighted by molar-refractivity contribution is -0.136. The van der Waals surface area contributed by atoms with E-state index in [0.29, 0.717) is 44.7 Å². The first kappa shape index (κ1) is 24.6. The van der Waals surface area contributed by atoms with Crippen molar-refractivity contribution in [2.75, 3.05) is 19.6 Å².